The molecular formula is C35H18F24P2. The van der Waals surface area contributed by atoms with E-state index in [4.69, 9.17) is 0 Å². The molecule has 0 saturated heterocycles. The molecule has 0 fully saturated rings. The molecule has 0 bridgehead atoms. The molecule has 61 heavy (non-hydrogen) atoms. The molecule has 0 amide bonds. The maximum atomic E-state index is 14.9. The highest BCUT2D eigenvalue weighted by Gasteiger charge is 2.54. The Labute approximate surface area is 328 Å². The summed E-state index contributed by atoms with van der Waals surface area (Å²) in [5.74, 6) is 0. The molecule has 4 aromatic rings. The van der Waals surface area contributed by atoms with Crippen LogP contribution in [0.15, 0.2) is 72.8 Å². The first-order chi connectivity index (χ1) is 27.4. The number of halogens is 24. The van der Waals surface area contributed by atoms with Crippen molar-refractivity contribution in [2.24, 2.45) is 0 Å². The molecule has 4 rings (SSSR count). The Balaban J connectivity index is 2.50. The van der Waals surface area contributed by atoms with Crippen molar-refractivity contribution in [3.05, 3.63) is 117 Å². The minimum Gasteiger partial charge on any atom is -0.166 e. The van der Waals surface area contributed by atoms with Gasteiger partial charge in [0.25, 0.3) is 0 Å². The van der Waals surface area contributed by atoms with Crippen LogP contribution in [-0.4, -0.2) is 5.40 Å². The summed E-state index contributed by atoms with van der Waals surface area (Å²) in [6.45, 7) is 0.527. The molecule has 0 spiro atoms. The first kappa shape index (κ1) is 49.7. The largest absolute Gasteiger partial charge is 0.417 e. The van der Waals surface area contributed by atoms with Gasteiger partial charge < -0.3 is 0 Å². The molecule has 0 unspecified atom stereocenters. The van der Waals surface area contributed by atoms with Crippen LogP contribution in [0.25, 0.3) is 0 Å². The molecular weight excluding hydrogens is 938 g/mol. The molecule has 0 aliphatic carbocycles. The van der Waals surface area contributed by atoms with E-state index < -0.39 is 143 Å². The Hall–Kier alpha value is -3.94. The van der Waals surface area contributed by atoms with E-state index in [-0.39, 0.29) is 72.8 Å². The van der Waals surface area contributed by atoms with E-state index in [2.05, 4.69) is 0 Å². The molecule has 4 aromatic carbocycles. The lowest BCUT2D eigenvalue weighted by atomic mass is 10.1. The van der Waals surface area contributed by atoms with Crippen LogP contribution < -0.4 is 21.2 Å². The van der Waals surface area contributed by atoms with Gasteiger partial charge in [-0.2, -0.15) is 105 Å². The highest BCUT2D eigenvalue weighted by Crippen LogP contribution is 2.63. The van der Waals surface area contributed by atoms with Crippen LogP contribution in [0.2, 0.25) is 0 Å². The van der Waals surface area contributed by atoms with Gasteiger partial charge in [-0.05, 0) is 67.7 Å². The minimum absolute atomic E-state index is 0.0371. The van der Waals surface area contributed by atoms with Crippen LogP contribution in [0.5, 0.6) is 0 Å². The molecule has 0 atom stereocenters. The van der Waals surface area contributed by atoms with Crippen molar-refractivity contribution in [1.82, 2.24) is 0 Å². The highest BCUT2D eigenvalue weighted by atomic mass is 31.2. The van der Waals surface area contributed by atoms with Gasteiger partial charge in [0.05, 0.1) is 44.5 Å². The molecule has 0 heterocycles. The maximum absolute atomic E-state index is 14.9. The van der Waals surface area contributed by atoms with Gasteiger partial charge in [0.2, 0.25) is 0 Å². The molecule has 0 N–H and O–H groups in total. The molecule has 0 radical (unpaired) electrons. The Morgan fingerprint density at radius 2 is 0.492 bits per heavy atom. The average Bonchev–Trinajstić information content (AvgIpc) is 3.07. The summed E-state index contributed by atoms with van der Waals surface area (Å²) in [7, 11) is -9.36. The summed E-state index contributed by atoms with van der Waals surface area (Å²) in [4.78, 5) is 0. The highest BCUT2D eigenvalue weighted by molar-refractivity contribution is 7.89. The SMILES string of the molecule is CCC(P(c1cccc(C(F)(F)F)c1C(F)(F)F)c1cccc(C(F)(F)F)c1C(F)(F)F)P(c1cccc(C(F)(F)F)c1C(F)(F)F)c1cccc(C(F)(F)F)c1C(F)(F)F. The van der Waals surface area contributed by atoms with Gasteiger partial charge in [0, 0.05) is 5.40 Å². The predicted molar refractivity (Wildman–Crippen MR) is 172 cm³/mol. The van der Waals surface area contributed by atoms with E-state index in [1.165, 1.54) is 0 Å². The fourth-order valence-electron chi connectivity index (χ4n) is 6.48. The van der Waals surface area contributed by atoms with Crippen LogP contribution in [0.3, 0.4) is 0 Å². The fraction of sp³-hybridized carbons (Fsp3) is 0.314. The summed E-state index contributed by atoms with van der Waals surface area (Å²) in [5, 5.41) is -11.7. The van der Waals surface area contributed by atoms with Crippen molar-refractivity contribution in [2.45, 2.75) is 68.2 Å². The van der Waals surface area contributed by atoms with E-state index in [1.54, 1.807) is 0 Å². The number of benzene rings is 4. The summed E-state index contributed by atoms with van der Waals surface area (Å²) < 4.78 is 350. The van der Waals surface area contributed by atoms with Gasteiger partial charge in [0.1, 0.15) is 0 Å². The second kappa shape index (κ2) is 16.3. The van der Waals surface area contributed by atoms with Crippen LogP contribution in [0, 0.1) is 0 Å². The third kappa shape index (κ3) is 10.3. The van der Waals surface area contributed by atoms with Crippen molar-refractivity contribution in [3.8, 4) is 0 Å². The number of rotatable bonds is 7. The number of hydrogen-bond donors (Lipinski definition) is 0. The Morgan fingerprint density at radius 1 is 0.311 bits per heavy atom. The quantitative estimate of drug-likeness (QED) is 0.128. The van der Waals surface area contributed by atoms with Crippen LogP contribution in [0.1, 0.15) is 57.9 Å². The summed E-state index contributed by atoms with van der Waals surface area (Å²) in [6, 6.07) is -1.58. The first-order valence-electron chi connectivity index (χ1n) is 16.0. The lowest BCUT2D eigenvalue weighted by molar-refractivity contribution is -0.161. The second-order valence-corrected chi connectivity index (χ2v) is 17.5. The zero-order valence-corrected chi connectivity index (χ0v) is 31.0. The number of hydrogen-bond acceptors (Lipinski definition) is 0. The summed E-state index contributed by atoms with van der Waals surface area (Å²) in [6.07, 6.45) is -52.0. The molecule has 0 aromatic heterocycles. The van der Waals surface area contributed by atoms with Crippen LogP contribution in [0.4, 0.5) is 105 Å². The molecule has 0 aliphatic heterocycles. The fourth-order valence-corrected chi connectivity index (χ4v) is 14.4. The minimum atomic E-state index is -6.44. The van der Waals surface area contributed by atoms with Gasteiger partial charge in [-0.15, -0.1) is 0 Å². The zero-order valence-electron chi connectivity index (χ0n) is 29.2. The van der Waals surface area contributed by atoms with Gasteiger partial charge in [-0.3, -0.25) is 0 Å². The Morgan fingerprint density at radius 3 is 0.623 bits per heavy atom. The van der Waals surface area contributed by atoms with Gasteiger partial charge in [-0.1, -0.05) is 55.5 Å². The lowest BCUT2D eigenvalue weighted by Gasteiger charge is -2.40. The van der Waals surface area contributed by atoms with Crippen LogP contribution >= 0.6 is 15.8 Å². The third-order valence-electron chi connectivity index (χ3n) is 8.52. The van der Waals surface area contributed by atoms with Gasteiger partial charge >= 0.3 is 49.4 Å². The standard InChI is InChI=1S/C35H18F24P2/c1-2-23(60(19-11-3-7-15(28(36,37)38)24(19)32(48,49)50)20-12-4-8-16(29(39,40)41)25(20)33(51,52)53)61(21-13-5-9-17(30(42,43)44)26(21)34(54,55)56)22-14-6-10-18(31(45,46)47)27(22)35(57,58)59/h3-14,23H,2H2,1H3. The van der Waals surface area contributed by atoms with E-state index in [9.17, 15) is 105 Å². The van der Waals surface area contributed by atoms with Crippen molar-refractivity contribution >= 4 is 37.1 Å². The molecule has 0 saturated carbocycles. The number of alkyl halides is 24. The Kier molecular flexibility index (Phi) is 13.3. The molecule has 0 aliphatic rings. The average molecular weight is 956 g/mol. The van der Waals surface area contributed by atoms with E-state index in [0.29, 0.717) is 6.92 Å². The van der Waals surface area contributed by atoms with E-state index in [0.717, 1.165) is 0 Å². The van der Waals surface area contributed by atoms with E-state index >= 15 is 0 Å². The molecule has 0 nitrogen and oxygen atoms in total. The van der Waals surface area contributed by atoms with Crippen molar-refractivity contribution in [2.75, 3.05) is 0 Å². The molecule has 26 heteroatoms. The third-order valence-corrected chi connectivity index (χ3v) is 15.4. The van der Waals surface area contributed by atoms with Crippen molar-refractivity contribution in [1.29, 1.82) is 0 Å². The zero-order chi connectivity index (χ0) is 46.9. The van der Waals surface area contributed by atoms with Gasteiger partial charge in [-0.25, -0.2) is 0 Å². The second-order valence-electron chi connectivity index (χ2n) is 12.4. The topological polar surface area (TPSA) is 0 Å². The lowest BCUT2D eigenvalue weighted by Crippen LogP contribution is -2.38. The summed E-state index contributed by atoms with van der Waals surface area (Å²) >= 11 is 0. The first-order valence-corrected chi connectivity index (χ1v) is 18.9. The summed E-state index contributed by atoms with van der Waals surface area (Å²) in [5.41, 5.74) is -23.3. The smallest absolute Gasteiger partial charge is 0.166 e. The van der Waals surface area contributed by atoms with E-state index in [1.807, 2.05) is 0 Å². The van der Waals surface area contributed by atoms with Gasteiger partial charge in [0.15, 0.2) is 0 Å². The van der Waals surface area contributed by atoms with Crippen molar-refractivity contribution in [3.63, 3.8) is 0 Å². The van der Waals surface area contributed by atoms with Crippen molar-refractivity contribution < 1.29 is 105 Å². The normalized spacial score (nSPS) is 14.2. The Bertz CT molecular complexity index is 1910. The maximum Gasteiger partial charge on any atom is 0.417 e. The van der Waals surface area contributed by atoms with Crippen LogP contribution in [-0.2, 0) is 49.4 Å². The molecule has 336 valence electrons. The monoisotopic (exact) mass is 956 g/mol. The predicted octanol–water partition coefficient (Wildman–Crippen LogP) is 14.1.